The predicted molar refractivity (Wildman–Crippen MR) is 112 cm³/mol. The Balaban J connectivity index is 1.36. The van der Waals surface area contributed by atoms with Crippen LogP contribution in [0.3, 0.4) is 0 Å². The van der Waals surface area contributed by atoms with Crippen LogP contribution in [0.2, 0.25) is 0 Å². The normalized spacial score (nSPS) is 19.6. The van der Waals surface area contributed by atoms with Crippen molar-refractivity contribution in [3.05, 3.63) is 76.2 Å². The van der Waals surface area contributed by atoms with Crippen LogP contribution in [0.4, 0.5) is 0 Å². The van der Waals surface area contributed by atoms with E-state index in [-0.39, 0.29) is 5.91 Å². The monoisotopic (exact) mass is 377 g/mol. The third-order valence-electron chi connectivity index (χ3n) is 4.98. The first-order valence-corrected chi connectivity index (χ1v) is 10.1. The third kappa shape index (κ3) is 4.31. The quantitative estimate of drug-likeness (QED) is 0.763. The Morgan fingerprint density at radius 3 is 2.44 bits per heavy atom. The van der Waals surface area contributed by atoms with E-state index in [0.717, 1.165) is 43.5 Å². The predicted octanol–water partition coefficient (Wildman–Crippen LogP) is 3.78. The Kier molecular flexibility index (Phi) is 5.41. The van der Waals surface area contributed by atoms with Gasteiger partial charge in [-0.3, -0.25) is 9.69 Å². The fourth-order valence-corrected chi connectivity index (χ4v) is 4.32. The number of thioether (sulfide) groups is 1. The molecule has 2 aromatic carbocycles. The minimum Gasteiger partial charge on any atom is -0.348 e. The van der Waals surface area contributed by atoms with Crippen molar-refractivity contribution in [1.82, 2.24) is 9.80 Å². The van der Waals surface area contributed by atoms with Gasteiger partial charge < -0.3 is 4.90 Å². The number of carbonyl (C=O) groups is 1. The molecular weight excluding hydrogens is 354 g/mol. The maximum Gasteiger partial charge on any atom is 0.286 e. The van der Waals surface area contributed by atoms with Crippen LogP contribution in [0, 0.1) is 6.92 Å². The SMILES string of the molecule is Cc1ccccc1/C=C1/SC(N2CCN(Cc3ccccc3)CC2)=NC1=O. The van der Waals surface area contributed by atoms with E-state index in [2.05, 4.69) is 58.1 Å². The molecule has 0 atom stereocenters. The van der Waals surface area contributed by atoms with Crippen LogP contribution in [-0.2, 0) is 11.3 Å². The molecule has 0 aliphatic carbocycles. The van der Waals surface area contributed by atoms with E-state index in [1.54, 1.807) is 0 Å². The van der Waals surface area contributed by atoms with Gasteiger partial charge in [0, 0.05) is 32.7 Å². The van der Waals surface area contributed by atoms with Crippen molar-refractivity contribution in [3.63, 3.8) is 0 Å². The van der Waals surface area contributed by atoms with E-state index in [9.17, 15) is 4.79 Å². The summed E-state index contributed by atoms with van der Waals surface area (Å²) in [5.74, 6) is -0.120. The van der Waals surface area contributed by atoms with Gasteiger partial charge in [-0.1, -0.05) is 54.6 Å². The lowest BCUT2D eigenvalue weighted by Crippen LogP contribution is -2.47. The molecule has 2 aliphatic rings. The molecule has 1 saturated heterocycles. The smallest absolute Gasteiger partial charge is 0.286 e. The van der Waals surface area contributed by atoms with Crippen LogP contribution in [0.5, 0.6) is 0 Å². The highest BCUT2D eigenvalue weighted by Crippen LogP contribution is 2.31. The number of amidine groups is 1. The van der Waals surface area contributed by atoms with Gasteiger partial charge >= 0.3 is 0 Å². The third-order valence-corrected chi connectivity index (χ3v) is 6.02. The van der Waals surface area contributed by atoms with Crippen molar-refractivity contribution in [3.8, 4) is 0 Å². The number of amides is 1. The number of hydrogen-bond donors (Lipinski definition) is 0. The maximum absolute atomic E-state index is 12.3. The molecule has 1 amide bonds. The molecule has 0 aromatic heterocycles. The van der Waals surface area contributed by atoms with Gasteiger partial charge in [0.25, 0.3) is 5.91 Å². The zero-order chi connectivity index (χ0) is 18.6. The number of aliphatic imine (C=N–C) groups is 1. The number of rotatable bonds is 3. The number of carbonyl (C=O) groups excluding carboxylic acids is 1. The fourth-order valence-electron chi connectivity index (χ4n) is 3.36. The lowest BCUT2D eigenvalue weighted by Gasteiger charge is -2.35. The molecule has 27 heavy (non-hydrogen) atoms. The Morgan fingerprint density at radius 1 is 1.00 bits per heavy atom. The fraction of sp³-hybridized carbons (Fsp3) is 0.273. The molecule has 0 spiro atoms. The van der Waals surface area contributed by atoms with Gasteiger partial charge in [-0.2, -0.15) is 4.99 Å². The summed E-state index contributed by atoms with van der Waals surface area (Å²) in [7, 11) is 0. The second-order valence-corrected chi connectivity index (χ2v) is 7.92. The summed E-state index contributed by atoms with van der Waals surface area (Å²) in [6.45, 7) is 6.82. The van der Waals surface area contributed by atoms with Gasteiger partial charge in [0.2, 0.25) is 0 Å². The van der Waals surface area contributed by atoms with E-state index in [0.29, 0.717) is 4.91 Å². The van der Waals surface area contributed by atoms with Crippen molar-refractivity contribution in [2.24, 2.45) is 4.99 Å². The number of aryl methyl sites for hydroxylation is 1. The molecule has 0 N–H and O–H groups in total. The van der Waals surface area contributed by atoms with Crippen LogP contribution >= 0.6 is 11.8 Å². The van der Waals surface area contributed by atoms with Crippen LogP contribution in [0.25, 0.3) is 6.08 Å². The molecule has 1 fully saturated rings. The first-order valence-electron chi connectivity index (χ1n) is 9.28. The molecule has 2 aromatic rings. The van der Waals surface area contributed by atoms with Gasteiger partial charge in [-0.15, -0.1) is 0 Å². The summed E-state index contributed by atoms with van der Waals surface area (Å²) >= 11 is 1.50. The lowest BCUT2D eigenvalue weighted by molar-refractivity contribution is -0.113. The first kappa shape index (κ1) is 18.0. The van der Waals surface area contributed by atoms with Crippen molar-refractivity contribution in [2.45, 2.75) is 13.5 Å². The van der Waals surface area contributed by atoms with Crippen LogP contribution in [-0.4, -0.2) is 47.1 Å². The van der Waals surface area contributed by atoms with E-state index >= 15 is 0 Å². The Morgan fingerprint density at radius 2 is 1.70 bits per heavy atom. The number of piperazine rings is 1. The highest BCUT2D eigenvalue weighted by atomic mass is 32.2. The standard InChI is InChI=1S/C22H23N3OS/c1-17-7-5-6-10-19(17)15-20-21(26)23-22(27-20)25-13-11-24(12-14-25)16-18-8-3-2-4-9-18/h2-10,15H,11-14,16H2,1H3/b20-15+. The minimum atomic E-state index is -0.120. The molecule has 0 unspecified atom stereocenters. The van der Waals surface area contributed by atoms with Crippen LogP contribution < -0.4 is 0 Å². The Bertz CT molecular complexity index is 883. The highest BCUT2D eigenvalue weighted by molar-refractivity contribution is 8.18. The van der Waals surface area contributed by atoms with Crippen molar-refractivity contribution in [2.75, 3.05) is 26.2 Å². The van der Waals surface area contributed by atoms with Gasteiger partial charge in [0.1, 0.15) is 0 Å². The van der Waals surface area contributed by atoms with Gasteiger partial charge in [0.05, 0.1) is 4.91 Å². The second kappa shape index (κ2) is 8.11. The summed E-state index contributed by atoms with van der Waals surface area (Å²) < 4.78 is 0. The minimum absolute atomic E-state index is 0.120. The van der Waals surface area contributed by atoms with Gasteiger partial charge in [0.15, 0.2) is 5.17 Å². The summed E-state index contributed by atoms with van der Waals surface area (Å²) in [6, 6.07) is 18.7. The summed E-state index contributed by atoms with van der Waals surface area (Å²) in [5, 5.41) is 0.846. The average Bonchev–Trinajstić information content (AvgIpc) is 3.05. The largest absolute Gasteiger partial charge is 0.348 e. The number of hydrogen-bond acceptors (Lipinski definition) is 4. The topological polar surface area (TPSA) is 35.9 Å². The Hall–Kier alpha value is -2.37. The van der Waals surface area contributed by atoms with Crippen molar-refractivity contribution in [1.29, 1.82) is 0 Å². The van der Waals surface area contributed by atoms with E-state index in [1.807, 2.05) is 24.3 Å². The molecule has 2 heterocycles. The zero-order valence-corrected chi connectivity index (χ0v) is 16.3. The van der Waals surface area contributed by atoms with E-state index in [4.69, 9.17) is 0 Å². The molecule has 4 nitrogen and oxygen atoms in total. The number of nitrogens with zero attached hydrogens (tertiary/aromatic N) is 3. The number of benzene rings is 2. The molecule has 138 valence electrons. The van der Waals surface area contributed by atoms with E-state index in [1.165, 1.54) is 22.9 Å². The van der Waals surface area contributed by atoms with Crippen molar-refractivity contribution < 1.29 is 4.79 Å². The summed E-state index contributed by atoms with van der Waals surface area (Å²) in [4.78, 5) is 22.1. The van der Waals surface area contributed by atoms with Crippen LogP contribution in [0.1, 0.15) is 16.7 Å². The second-order valence-electron chi connectivity index (χ2n) is 6.92. The average molecular weight is 378 g/mol. The lowest BCUT2D eigenvalue weighted by atomic mass is 10.1. The molecule has 5 heteroatoms. The molecule has 0 radical (unpaired) electrons. The summed E-state index contributed by atoms with van der Waals surface area (Å²) in [6.07, 6.45) is 1.96. The molecule has 0 saturated carbocycles. The van der Waals surface area contributed by atoms with Gasteiger partial charge in [-0.05, 0) is 41.5 Å². The molecular formula is C22H23N3OS. The molecule has 2 aliphatic heterocycles. The zero-order valence-electron chi connectivity index (χ0n) is 15.5. The molecule has 0 bridgehead atoms. The Labute approximate surface area is 164 Å². The van der Waals surface area contributed by atoms with Crippen LogP contribution in [0.15, 0.2) is 64.5 Å². The highest BCUT2D eigenvalue weighted by Gasteiger charge is 2.28. The first-order chi connectivity index (χ1) is 13.2. The van der Waals surface area contributed by atoms with Crippen molar-refractivity contribution >= 4 is 28.9 Å². The van der Waals surface area contributed by atoms with E-state index < -0.39 is 0 Å². The maximum atomic E-state index is 12.3. The summed E-state index contributed by atoms with van der Waals surface area (Å²) in [5.41, 5.74) is 3.59. The van der Waals surface area contributed by atoms with Gasteiger partial charge in [-0.25, -0.2) is 0 Å². The molecule has 4 rings (SSSR count).